The molecular weight excluding hydrogens is 365 g/mol. The monoisotopic (exact) mass is 379 g/mol. The Kier molecular flexibility index (Phi) is 5.20. The number of aromatic nitrogens is 2. The fourth-order valence-corrected chi connectivity index (χ4v) is 3.05. The number of fused-ring (bicyclic) bond motifs is 1. The van der Waals surface area contributed by atoms with Crippen molar-refractivity contribution in [3.63, 3.8) is 0 Å². The molecule has 2 aromatic rings. The zero-order valence-corrected chi connectivity index (χ0v) is 14.9. The van der Waals surface area contributed by atoms with Gasteiger partial charge in [0.05, 0.1) is 16.3 Å². The molecule has 0 saturated carbocycles. The molecule has 1 amide bonds. The minimum absolute atomic E-state index is 0.0346. The van der Waals surface area contributed by atoms with Gasteiger partial charge in [-0.3, -0.25) is 14.9 Å². The number of ketones is 1. The van der Waals surface area contributed by atoms with Crippen molar-refractivity contribution in [1.82, 2.24) is 9.97 Å². The number of rotatable bonds is 4. The molecule has 0 bridgehead atoms. The molecule has 6 nitrogen and oxygen atoms in total. The fraction of sp³-hybridized carbons (Fsp3) is 0.294. The number of amides is 1. The predicted octanol–water partition coefficient (Wildman–Crippen LogP) is 3.57. The zero-order valence-electron chi connectivity index (χ0n) is 13.4. The number of anilines is 1. The Hall–Kier alpha value is -2.18. The molecule has 0 saturated heterocycles. The van der Waals surface area contributed by atoms with Crippen molar-refractivity contribution >= 4 is 40.8 Å². The second kappa shape index (κ2) is 7.37. The minimum Gasteiger partial charge on any atom is -0.482 e. The molecule has 0 radical (unpaired) electrons. The standard InChI is InChI=1S/C17H15Cl2N3O3/c1-9-4-13-11(14(23)5-9)7-20-17(21-13)22-16(24)8-25-15-3-2-10(18)6-12(15)19/h2-3,6-7,9H,4-5,8H2,1H3,(H,20,21,22,24)/t9-/m1/s1. The van der Waals surface area contributed by atoms with Crippen molar-refractivity contribution in [2.45, 2.75) is 19.8 Å². The summed E-state index contributed by atoms with van der Waals surface area (Å²) in [5.41, 5.74) is 1.19. The number of carbonyl (C=O) groups is 2. The lowest BCUT2D eigenvalue weighted by Gasteiger charge is -2.19. The maximum absolute atomic E-state index is 12.0. The van der Waals surface area contributed by atoms with E-state index in [1.165, 1.54) is 12.3 Å². The molecule has 0 unspecified atom stereocenters. The van der Waals surface area contributed by atoms with Gasteiger partial charge < -0.3 is 4.74 Å². The van der Waals surface area contributed by atoms with E-state index in [1.54, 1.807) is 12.1 Å². The topological polar surface area (TPSA) is 81.2 Å². The van der Waals surface area contributed by atoms with E-state index in [9.17, 15) is 9.59 Å². The van der Waals surface area contributed by atoms with Crippen LogP contribution < -0.4 is 10.1 Å². The van der Waals surface area contributed by atoms with Crippen LogP contribution in [0.4, 0.5) is 5.95 Å². The Bertz CT molecular complexity index is 842. The van der Waals surface area contributed by atoms with E-state index >= 15 is 0 Å². The number of nitrogens with zero attached hydrogens (tertiary/aromatic N) is 2. The van der Waals surface area contributed by atoms with Gasteiger partial charge in [0.15, 0.2) is 12.4 Å². The minimum atomic E-state index is -0.429. The second-order valence-corrected chi connectivity index (χ2v) is 6.75. The quantitative estimate of drug-likeness (QED) is 0.877. The van der Waals surface area contributed by atoms with Gasteiger partial charge in [-0.2, -0.15) is 0 Å². The smallest absolute Gasteiger partial charge is 0.264 e. The molecule has 25 heavy (non-hydrogen) atoms. The number of nitrogens with one attached hydrogen (secondary N) is 1. The summed E-state index contributed by atoms with van der Waals surface area (Å²) in [5.74, 6) is 0.339. The van der Waals surface area contributed by atoms with Gasteiger partial charge in [-0.05, 0) is 30.5 Å². The van der Waals surface area contributed by atoms with Crippen molar-refractivity contribution in [3.8, 4) is 5.75 Å². The molecule has 0 aliphatic heterocycles. The summed E-state index contributed by atoms with van der Waals surface area (Å²) in [6, 6.07) is 4.73. The first-order valence-electron chi connectivity index (χ1n) is 7.69. The Labute approximate surface area is 154 Å². The summed E-state index contributed by atoms with van der Waals surface area (Å²) in [4.78, 5) is 32.2. The van der Waals surface area contributed by atoms with Crippen LogP contribution in [-0.4, -0.2) is 28.3 Å². The molecule has 1 aromatic heterocycles. The lowest BCUT2D eigenvalue weighted by atomic mass is 9.88. The van der Waals surface area contributed by atoms with Gasteiger partial charge >= 0.3 is 0 Å². The number of hydrogen-bond acceptors (Lipinski definition) is 5. The van der Waals surface area contributed by atoms with Crippen LogP contribution in [0.3, 0.4) is 0 Å². The van der Waals surface area contributed by atoms with E-state index in [-0.39, 0.29) is 24.3 Å². The van der Waals surface area contributed by atoms with E-state index in [1.807, 2.05) is 6.92 Å². The number of carbonyl (C=O) groups excluding carboxylic acids is 2. The summed E-state index contributed by atoms with van der Waals surface area (Å²) in [5, 5.41) is 3.35. The van der Waals surface area contributed by atoms with Gasteiger partial charge in [0, 0.05) is 17.6 Å². The molecular formula is C17H15Cl2N3O3. The number of benzene rings is 1. The summed E-state index contributed by atoms with van der Waals surface area (Å²) in [7, 11) is 0. The van der Waals surface area contributed by atoms with E-state index in [0.29, 0.717) is 39.9 Å². The Morgan fingerprint density at radius 3 is 2.92 bits per heavy atom. The number of ether oxygens (including phenoxy) is 1. The first-order chi connectivity index (χ1) is 11.9. The molecule has 130 valence electrons. The van der Waals surface area contributed by atoms with Crippen molar-refractivity contribution < 1.29 is 14.3 Å². The SMILES string of the molecule is C[C@H]1CC(=O)c2cnc(NC(=O)COc3ccc(Cl)cc3Cl)nc2C1. The Morgan fingerprint density at radius 2 is 2.16 bits per heavy atom. The van der Waals surface area contributed by atoms with Crippen LogP contribution in [0.2, 0.25) is 10.0 Å². The summed E-state index contributed by atoms with van der Waals surface area (Å²) in [6.07, 6.45) is 2.64. The average Bonchev–Trinajstić information content (AvgIpc) is 2.53. The first kappa shape index (κ1) is 17.6. The average molecular weight is 380 g/mol. The summed E-state index contributed by atoms with van der Waals surface area (Å²) < 4.78 is 5.36. The highest BCUT2D eigenvalue weighted by Gasteiger charge is 2.24. The number of hydrogen-bond donors (Lipinski definition) is 1. The molecule has 1 aliphatic rings. The number of halogens is 2. The van der Waals surface area contributed by atoms with E-state index < -0.39 is 5.91 Å². The van der Waals surface area contributed by atoms with Gasteiger partial charge in [-0.1, -0.05) is 30.1 Å². The molecule has 0 fully saturated rings. The third kappa shape index (κ3) is 4.27. The molecule has 8 heteroatoms. The van der Waals surface area contributed by atoms with E-state index in [4.69, 9.17) is 27.9 Å². The van der Waals surface area contributed by atoms with Crippen molar-refractivity contribution in [2.24, 2.45) is 5.92 Å². The zero-order chi connectivity index (χ0) is 18.0. The Morgan fingerprint density at radius 1 is 1.36 bits per heavy atom. The van der Waals surface area contributed by atoms with Gasteiger partial charge in [-0.25, -0.2) is 9.97 Å². The molecule has 3 rings (SSSR count). The highest BCUT2D eigenvalue weighted by atomic mass is 35.5. The third-order valence-corrected chi connectivity index (χ3v) is 4.28. The maximum atomic E-state index is 12.0. The first-order valence-corrected chi connectivity index (χ1v) is 8.45. The predicted molar refractivity (Wildman–Crippen MR) is 94.4 cm³/mol. The van der Waals surface area contributed by atoms with Crippen LogP contribution in [0.15, 0.2) is 24.4 Å². The van der Waals surface area contributed by atoms with Crippen molar-refractivity contribution in [3.05, 3.63) is 45.7 Å². The van der Waals surface area contributed by atoms with Gasteiger partial charge in [0.25, 0.3) is 5.91 Å². The van der Waals surface area contributed by atoms with Crippen LogP contribution in [0.5, 0.6) is 5.75 Å². The molecule has 0 spiro atoms. The van der Waals surface area contributed by atoms with Crippen LogP contribution >= 0.6 is 23.2 Å². The fourth-order valence-electron chi connectivity index (χ4n) is 2.59. The molecule has 1 atom stereocenters. The van der Waals surface area contributed by atoms with Crippen molar-refractivity contribution in [2.75, 3.05) is 11.9 Å². The second-order valence-electron chi connectivity index (χ2n) is 5.90. The number of Topliss-reactive ketones (excluding diaryl/α,β-unsaturated/α-hetero) is 1. The van der Waals surface area contributed by atoms with Crippen LogP contribution in [0.25, 0.3) is 0 Å². The van der Waals surface area contributed by atoms with Gasteiger partial charge in [0.2, 0.25) is 5.95 Å². The van der Waals surface area contributed by atoms with Crippen molar-refractivity contribution in [1.29, 1.82) is 0 Å². The molecule has 1 aromatic carbocycles. The van der Waals surface area contributed by atoms with E-state index in [2.05, 4.69) is 15.3 Å². The lowest BCUT2D eigenvalue weighted by molar-refractivity contribution is -0.118. The van der Waals surface area contributed by atoms with Gasteiger partial charge in [-0.15, -0.1) is 0 Å². The maximum Gasteiger partial charge on any atom is 0.264 e. The highest BCUT2D eigenvalue weighted by molar-refractivity contribution is 6.35. The van der Waals surface area contributed by atoms with E-state index in [0.717, 1.165) is 0 Å². The van der Waals surface area contributed by atoms with Crippen LogP contribution in [-0.2, 0) is 11.2 Å². The third-order valence-electron chi connectivity index (χ3n) is 3.75. The lowest BCUT2D eigenvalue weighted by Crippen LogP contribution is -2.24. The van der Waals surface area contributed by atoms with Crippen LogP contribution in [0, 0.1) is 5.92 Å². The highest BCUT2D eigenvalue weighted by Crippen LogP contribution is 2.27. The van der Waals surface area contributed by atoms with Crippen LogP contribution in [0.1, 0.15) is 29.4 Å². The summed E-state index contributed by atoms with van der Waals surface area (Å²) in [6.45, 7) is 1.74. The normalized spacial score (nSPS) is 16.3. The molecule has 1 aliphatic carbocycles. The summed E-state index contributed by atoms with van der Waals surface area (Å²) >= 11 is 11.8. The van der Waals surface area contributed by atoms with Gasteiger partial charge in [0.1, 0.15) is 5.75 Å². The molecule has 1 N–H and O–H groups in total. The Balaban J connectivity index is 1.63. The molecule has 1 heterocycles. The largest absolute Gasteiger partial charge is 0.482 e.